The highest BCUT2D eigenvalue weighted by atomic mass is 16.1. The van der Waals surface area contributed by atoms with Crippen LogP contribution in [0, 0.1) is 0 Å². The Kier molecular flexibility index (Phi) is 5.01. The van der Waals surface area contributed by atoms with Gasteiger partial charge in [-0.15, -0.1) is 0 Å². The van der Waals surface area contributed by atoms with Crippen molar-refractivity contribution in [1.82, 2.24) is 4.90 Å². The van der Waals surface area contributed by atoms with Gasteiger partial charge in [0.25, 0.3) is 0 Å². The second kappa shape index (κ2) is 7.79. The molecule has 2 fully saturated rings. The number of carbonyl (C=O) groups excluding carboxylic acids is 1. The molecule has 5 rings (SSSR count). The minimum absolute atomic E-state index is 0.360. The molecule has 1 saturated carbocycles. The quantitative estimate of drug-likeness (QED) is 0.744. The van der Waals surface area contributed by atoms with Crippen LogP contribution in [0.2, 0.25) is 0 Å². The molecule has 3 heteroatoms. The van der Waals surface area contributed by atoms with Gasteiger partial charge >= 0.3 is 0 Å². The van der Waals surface area contributed by atoms with Crippen molar-refractivity contribution >= 4 is 11.5 Å². The molecule has 3 aliphatic rings. The molecule has 0 aromatic heterocycles. The van der Waals surface area contributed by atoms with Crippen LogP contribution in [0.3, 0.4) is 0 Å². The largest absolute Gasteiger partial charge is 0.366 e. The average Bonchev–Trinajstić information content (AvgIpc) is 3.50. The molecule has 1 amide bonds. The van der Waals surface area contributed by atoms with E-state index in [1.54, 1.807) is 11.1 Å². The Bertz CT molecular complexity index is 926. The molecule has 1 saturated heterocycles. The molecule has 2 aromatic carbocycles. The van der Waals surface area contributed by atoms with Crippen molar-refractivity contribution in [2.75, 3.05) is 6.54 Å². The van der Waals surface area contributed by atoms with E-state index in [1.807, 2.05) is 24.3 Å². The van der Waals surface area contributed by atoms with Gasteiger partial charge in [0.15, 0.2) is 0 Å². The second-order valence-corrected chi connectivity index (χ2v) is 8.90. The predicted octanol–water partition coefficient (Wildman–Crippen LogP) is 5.44. The third-order valence-electron chi connectivity index (χ3n) is 7.06. The van der Waals surface area contributed by atoms with E-state index in [2.05, 4.69) is 35.2 Å². The first-order chi connectivity index (χ1) is 14.2. The molecule has 0 spiro atoms. The zero-order valence-corrected chi connectivity index (χ0v) is 17.0. The van der Waals surface area contributed by atoms with Gasteiger partial charge in [0.1, 0.15) is 0 Å². The SMILES string of the molecule is NC(=O)c1ccc(C2=CCC(N3CCCC3c3ccccc3C3CC3)CC2)cc1. The lowest BCUT2D eigenvalue weighted by Gasteiger charge is -2.36. The Balaban J connectivity index is 1.31. The highest BCUT2D eigenvalue weighted by Gasteiger charge is 2.36. The Morgan fingerprint density at radius 2 is 1.69 bits per heavy atom. The van der Waals surface area contributed by atoms with E-state index in [4.69, 9.17) is 5.73 Å². The van der Waals surface area contributed by atoms with Crippen LogP contribution in [0.4, 0.5) is 0 Å². The van der Waals surface area contributed by atoms with Crippen molar-refractivity contribution in [2.24, 2.45) is 5.73 Å². The van der Waals surface area contributed by atoms with Crippen molar-refractivity contribution in [3.05, 3.63) is 76.9 Å². The fraction of sp³-hybridized carbons (Fsp3) is 0.423. The van der Waals surface area contributed by atoms with E-state index >= 15 is 0 Å². The number of likely N-dealkylation sites (tertiary alicyclic amines) is 1. The van der Waals surface area contributed by atoms with Crippen molar-refractivity contribution in [2.45, 2.75) is 62.9 Å². The Hall–Kier alpha value is -2.39. The Labute approximate surface area is 173 Å². The maximum Gasteiger partial charge on any atom is 0.248 e. The smallest absolute Gasteiger partial charge is 0.248 e. The molecule has 1 aliphatic heterocycles. The van der Waals surface area contributed by atoms with Crippen molar-refractivity contribution in [1.29, 1.82) is 0 Å². The maximum atomic E-state index is 11.3. The number of allylic oxidation sites excluding steroid dienone is 1. The fourth-order valence-electron chi connectivity index (χ4n) is 5.37. The minimum Gasteiger partial charge on any atom is -0.366 e. The molecule has 29 heavy (non-hydrogen) atoms. The number of nitrogens with zero attached hydrogens (tertiary/aromatic N) is 1. The van der Waals surface area contributed by atoms with Crippen LogP contribution in [-0.4, -0.2) is 23.4 Å². The number of primary amides is 1. The number of nitrogens with two attached hydrogens (primary N) is 1. The van der Waals surface area contributed by atoms with Gasteiger partial charge < -0.3 is 5.73 Å². The summed E-state index contributed by atoms with van der Waals surface area (Å²) in [6.07, 6.45) is 11.2. The van der Waals surface area contributed by atoms with E-state index in [0.717, 1.165) is 18.8 Å². The summed E-state index contributed by atoms with van der Waals surface area (Å²) >= 11 is 0. The van der Waals surface area contributed by atoms with E-state index in [0.29, 0.717) is 17.6 Å². The summed E-state index contributed by atoms with van der Waals surface area (Å²) in [4.78, 5) is 14.1. The van der Waals surface area contributed by atoms with Gasteiger partial charge in [-0.05, 0) is 91.8 Å². The van der Waals surface area contributed by atoms with E-state index in [-0.39, 0.29) is 5.91 Å². The summed E-state index contributed by atoms with van der Waals surface area (Å²) < 4.78 is 0. The average molecular weight is 387 g/mol. The molecular weight excluding hydrogens is 356 g/mol. The second-order valence-electron chi connectivity index (χ2n) is 8.90. The van der Waals surface area contributed by atoms with Crippen molar-refractivity contribution < 1.29 is 4.79 Å². The number of hydrogen-bond acceptors (Lipinski definition) is 2. The first-order valence-corrected chi connectivity index (χ1v) is 11.1. The van der Waals surface area contributed by atoms with Gasteiger partial charge in [0.2, 0.25) is 5.91 Å². The molecule has 1 heterocycles. The van der Waals surface area contributed by atoms with Crippen LogP contribution in [-0.2, 0) is 0 Å². The summed E-state index contributed by atoms with van der Waals surface area (Å²) in [5.74, 6) is 0.454. The highest BCUT2D eigenvalue weighted by molar-refractivity contribution is 5.93. The van der Waals surface area contributed by atoms with Crippen LogP contribution in [0.15, 0.2) is 54.6 Å². The van der Waals surface area contributed by atoms with E-state index < -0.39 is 0 Å². The van der Waals surface area contributed by atoms with Gasteiger partial charge in [-0.2, -0.15) is 0 Å². The maximum absolute atomic E-state index is 11.3. The van der Waals surface area contributed by atoms with Gasteiger partial charge in [-0.1, -0.05) is 42.5 Å². The highest BCUT2D eigenvalue weighted by Crippen LogP contribution is 2.46. The van der Waals surface area contributed by atoms with Gasteiger partial charge in [-0.3, -0.25) is 9.69 Å². The number of carbonyl (C=O) groups is 1. The van der Waals surface area contributed by atoms with Crippen LogP contribution >= 0.6 is 0 Å². The normalized spacial score (nSPS) is 25.0. The van der Waals surface area contributed by atoms with Crippen LogP contribution in [0.5, 0.6) is 0 Å². The monoisotopic (exact) mass is 386 g/mol. The predicted molar refractivity (Wildman–Crippen MR) is 118 cm³/mol. The number of rotatable bonds is 5. The van der Waals surface area contributed by atoms with Crippen LogP contribution in [0.1, 0.15) is 84.0 Å². The molecular formula is C26H30N2O. The zero-order chi connectivity index (χ0) is 19.8. The molecule has 150 valence electrons. The van der Waals surface area contributed by atoms with Gasteiger partial charge in [-0.25, -0.2) is 0 Å². The van der Waals surface area contributed by atoms with E-state index in [9.17, 15) is 4.79 Å². The summed E-state index contributed by atoms with van der Waals surface area (Å²) in [5, 5.41) is 0. The molecule has 2 unspecified atom stereocenters. The van der Waals surface area contributed by atoms with Crippen LogP contribution in [0.25, 0.3) is 5.57 Å². The minimum atomic E-state index is -0.360. The third-order valence-corrected chi connectivity index (χ3v) is 7.06. The molecule has 2 aliphatic carbocycles. The lowest BCUT2D eigenvalue weighted by atomic mass is 9.88. The lowest BCUT2D eigenvalue weighted by Crippen LogP contribution is -2.36. The topological polar surface area (TPSA) is 46.3 Å². The van der Waals surface area contributed by atoms with E-state index in [1.165, 1.54) is 49.8 Å². The van der Waals surface area contributed by atoms with Crippen molar-refractivity contribution in [3.63, 3.8) is 0 Å². The molecule has 0 radical (unpaired) electrons. The molecule has 2 atom stereocenters. The first kappa shape index (κ1) is 18.6. The van der Waals surface area contributed by atoms with Gasteiger partial charge in [0.05, 0.1) is 0 Å². The molecule has 0 bridgehead atoms. The standard InChI is InChI=1S/C26H30N2O/c27-26(29)21-11-7-18(8-12-21)19-13-15-22(16-14-19)28-17-3-6-25(28)24-5-2-1-4-23(24)20-9-10-20/h1-2,4-5,7-8,11-13,20,22,25H,3,6,9-10,14-17H2,(H2,27,29). The molecule has 2 N–H and O–H groups in total. The Morgan fingerprint density at radius 1 is 0.931 bits per heavy atom. The number of benzene rings is 2. The Morgan fingerprint density at radius 3 is 2.34 bits per heavy atom. The summed E-state index contributed by atoms with van der Waals surface area (Å²) in [6.45, 7) is 1.23. The van der Waals surface area contributed by atoms with Gasteiger partial charge in [0, 0.05) is 17.6 Å². The van der Waals surface area contributed by atoms with Crippen molar-refractivity contribution in [3.8, 4) is 0 Å². The summed E-state index contributed by atoms with van der Waals surface area (Å²) in [7, 11) is 0. The number of amides is 1. The molecule has 3 nitrogen and oxygen atoms in total. The third kappa shape index (κ3) is 3.76. The zero-order valence-electron chi connectivity index (χ0n) is 17.0. The van der Waals surface area contributed by atoms with Crippen LogP contribution < -0.4 is 5.73 Å². The lowest BCUT2D eigenvalue weighted by molar-refractivity contribution is 0.100. The fourth-order valence-corrected chi connectivity index (χ4v) is 5.37. The summed E-state index contributed by atoms with van der Waals surface area (Å²) in [5.41, 5.74) is 11.8. The number of hydrogen-bond donors (Lipinski definition) is 1. The summed E-state index contributed by atoms with van der Waals surface area (Å²) in [6, 6.07) is 18.2. The molecule has 2 aromatic rings. The first-order valence-electron chi connectivity index (χ1n) is 11.1.